The molecule has 1 aromatic heterocycles. The van der Waals surface area contributed by atoms with Crippen LogP contribution in [0, 0.1) is 17.1 Å². The molecule has 0 aliphatic rings. The van der Waals surface area contributed by atoms with Crippen molar-refractivity contribution >= 4 is 34.7 Å². The molecular weight excluding hydrogens is 323 g/mol. The van der Waals surface area contributed by atoms with Gasteiger partial charge in [0.15, 0.2) is 5.11 Å². The third-order valence-electron chi connectivity index (χ3n) is 2.88. The number of halogens is 2. The van der Waals surface area contributed by atoms with Crippen molar-refractivity contribution in [3.63, 3.8) is 0 Å². The third-order valence-corrected chi connectivity index (χ3v) is 3.48. The van der Waals surface area contributed by atoms with Crippen LogP contribution in [0.15, 0.2) is 36.5 Å². The van der Waals surface area contributed by atoms with Crippen molar-refractivity contribution < 1.29 is 4.39 Å². The minimum absolute atomic E-state index is 0.308. The van der Waals surface area contributed by atoms with Crippen molar-refractivity contribution in [2.75, 3.05) is 11.9 Å². The fourth-order valence-electron chi connectivity index (χ4n) is 1.82. The van der Waals surface area contributed by atoms with Gasteiger partial charge < -0.3 is 10.6 Å². The molecule has 0 fully saturated rings. The second-order valence-electron chi connectivity index (χ2n) is 4.34. The average molecular weight is 335 g/mol. The number of nitrogens with one attached hydrogen (secondary N) is 2. The van der Waals surface area contributed by atoms with E-state index in [2.05, 4.69) is 15.6 Å². The molecule has 22 heavy (non-hydrogen) atoms. The third kappa shape index (κ3) is 4.13. The number of hydrogen-bond donors (Lipinski definition) is 2. The number of hydrogen-bond acceptors (Lipinski definition) is 3. The molecule has 2 N–H and O–H groups in total. The Labute approximate surface area is 137 Å². The Balaban J connectivity index is 1.90. The predicted molar refractivity (Wildman–Crippen MR) is 88.3 cm³/mol. The molecule has 4 nitrogen and oxygen atoms in total. The van der Waals surface area contributed by atoms with Crippen LogP contribution in [0.4, 0.5) is 10.2 Å². The second-order valence-corrected chi connectivity index (χ2v) is 5.16. The quantitative estimate of drug-likeness (QED) is 0.840. The number of nitriles is 1. The zero-order valence-corrected chi connectivity index (χ0v) is 13.0. The van der Waals surface area contributed by atoms with E-state index in [-0.39, 0.29) is 5.82 Å². The molecule has 0 atom stereocenters. The van der Waals surface area contributed by atoms with Gasteiger partial charge in [-0.2, -0.15) is 5.26 Å². The summed E-state index contributed by atoms with van der Waals surface area (Å²) >= 11 is 11.1. The summed E-state index contributed by atoms with van der Waals surface area (Å²) in [4.78, 5) is 4.04. The summed E-state index contributed by atoms with van der Waals surface area (Å²) in [6.45, 7) is 0.404. The van der Waals surface area contributed by atoms with Gasteiger partial charge in [-0.1, -0.05) is 17.7 Å². The van der Waals surface area contributed by atoms with Gasteiger partial charge in [0.2, 0.25) is 0 Å². The van der Waals surface area contributed by atoms with Crippen LogP contribution in [0.5, 0.6) is 0 Å². The summed E-state index contributed by atoms with van der Waals surface area (Å²) in [7, 11) is 0. The first-order valence-corrected chi connectivity index (χ1v) is 7.23. The van der Waals surface area contributed by atoms with E-state index in [1.54, 1.807) is 30.5 Å². The molecule has 2 aromatic rings. The molecule has 1 heterocycles. The predicted octanol–water partition coefficient (Wildman–Crippen LogP) is 3.27. The monoisotopic (exact) mass is 334 g/mol. The maximum Gasteiger partial charge on any atom is 0.171 e. The van der Waals surface area contributed by atoms with Gasteiger partial charge in [-0.3, -0.25) is 0 Å². The fraction of sp³-hybridized carbons (Fsp3) is 0.133. The van der Waals surface area contributed by atoms with Gasteiger partial charge in [0.1, 0.15) is 17.7 Å². The van der Waals surface area contributed by atoms with Gasteiger partial charge in [-0.05, 0) is 42.9 Å². The average Bonchev–Trinajstić information content (AvgIpc) is 2.51. The van der Waals surface area contributed by atoms with Gasteiger partial charge in [-0.15, -0.1) is 0 Å². The van der Waals surface area contributed by atoms with E-state index in [1.807, 2.05) is 6.07 Å². The van der Waals surface area contributed by atoms with E-state index < -0.39 is 0 Å². The highest BCUT2D eigenvalue weighted by Crippen LogP contribution is 2.19. The van der Waals surface area contributed by atoms with Crippen LogP contribution in [-0.2, 0) is 6.42 Å². The first-order chi connectivity index (χ1) is 10.6. The molecule has 2 rings (SSSR count). The Hall–Kier alpha value is -2.23. The number of aromatic nitrogens is 1. The highest BCUT2D eigenvalue weighted by molar-refractivity contribution is 7.80. The van der Waals surface area contributed by atoms with Gasteiger partial charge in [0.25, 0.3) is 0 Å². The van der Waals surface area contributed by atoms with Crippen LogP contribution in [0.2, 0.25) is 5.02 Å². The van der Waals surface area contributed by atoms with Gasteiger partial charge in [-0.25, -0.2) is 9.37 Å². The smallest absolute Gasteiger partial charge is 0.171 e. The molecular formula is C15H12ClFN4S. The topological polar surface area (TPSA) is 60.7 Å². The molecule has 0 unspecified atom stereocenters. The normalized spacial score (nSPS) is 9.86. The molecule has 0 aliphatic carbocycles. The van der Waals surface area contributed by atoms with Crippen molar-refractivity contribution in [1.82, 2.24) is 10.3 Å². The number of anilines is 1. The molecule has 0 radical (unpaired) electrons. The van der Waals surface area contributed by atoms with Crippen molar-refractivity contribution in [2.45, 2.75) is 6.42 Å². The van der Waals surface area contributed by atoms with Crippen LogP contribution >= 0.6 is 23.8 Å². The first-order valence-electron chi connectivity index (χ1n) is 6.44. The van der Waals surface area contributed by atoms with Crippen molar-refractivity contribution in [3.05, 3.63) is 58.5 Å². The molecule has 112 valence electrons. The van der Waals surface area contributed by atoms with Gasteiger partial charge in [0.05, 0.1) is 5.56 Å². The Morgan fingerprint density at radius 2 is 2.18 bits per heavy atom. The van der Waals surface area contributed by atoms with E-state index in [0.717, 1.165) is 0 Å². The van der Waals surface area contributed by atoms with E-state index in [1.165, 1.54) is 6.07 Å². The largest absolute Gasteiger partial charge is 0.362 e. The minimum Gasteiger partial charge on any atom is -0.362 e. The molecule has 0 bridgehead atoms. The zero-order valence-electron chi connectivity index (χ0n) is 11.4. The highest BCUT2D eigenvalue weighted by Gasteiger charge is 2.08. The molecule has 7 heteroatoms. The van der Waals surface area contributed by atoms with Crippen LogP contribution in [0.25, 0.3) is 0 Å². The number of rotatable bonds is 4. The van der Waals surface area contributed by atoms with E-state index in [0.29, 0.717) is 40.0 Å². The lowest BCUT2D eigenvalue weighted by atomic mass is 10.1. The second kappa shape index (κ2) is 7.69. The fourth-order valence-corrected chi connectivity index (χ4v) is 2.28. The van der Waals surface area contributed by atoms with Crippen molar-refractivity contribution in [3.8, 4) is 6.07 Å². The molecule has 0 amide bonds. The van der Waals surface area contributed by atoms with Crippen LogP contribution in [-0.4, -0.2) is 16.6 Å². The summed E-state index contributed by atoms with van der Waals surface area (Å²) in [6.07, 6.45) is 1.95. The molecule has 0 spiro atoms. The van der Waals surface area contributed by atoms with Gasteiger partial charge >= 0.3 is 0 Å². The van der Waals surface area contributed by atoms with Crippen molar-refractivity contribution in [1.29, 1.82) is 5.26 Å². The number of benzene rings is 1. The summed E-state index contributed by atoms with van der Waals surface area (Å²) < 4.78 is 13.6. The lowest BCUT2D eigenvalue weighted by Gasteiger charge is -2.11. The number of thiocarbonyl (C=S) groups is 1. The number of pyridine rings is 1. The SMILES string of the molecule is N#Cc1cccnc1NC(=S)NCCc1c(F)cccc1Cl. The van der Waals surface area contributed by atoms with E-state index >= 15 is 0 Å². The minimum atomic E-state index is -0.343. The molecule has 0 aliphatic heterocycles. The highest BCUT2D eigenvalue weighted by atomic mass is 35.5. The summed E-state index contributed by atoms with van der Waals surface area (Å²) in [5.74, 6) is 0.0381. The van der Waals surface area contributed by atoms with Crippen LogP contribution < -0.4 is 10.6 Å². The Kier molecular flexibility index (Phi) is 5.64. The Morgan fingerprint density at radius 1 is 1.36 bits per heavy atom. The summed E-state index contributed by atoms with van der Waals surface area (Å²) in [5, 5.41) is 15.4. The first kappa shape index (κ1) is 16.1. The van der Waals surface area contributed by atoms with E-state index in [4.69, 9.17) is 29.1 Å². The Bertz CT molecular complexity index is 709. The summed E-state index contributed by atoms with van der Waals surface area (Å²) in [5.41, 5.74) is 0.832. The molecule has 0 saturated carbocycles. The summed E-state index contributed by atoms with van der Waals surface area (Å²) in [6, 6.07) is 9.89. The van der Waals surface area contributed by atoms with E-state index in [9.17, 15) is 4.39 Å². The maximum atomic E-state index is 13.6. The van der Waals surface area contributed by atoms with Crippen LogP contribution in [0.1, 0.15) is 11.1 Å². The van der Waals surface area contributed by atoms with Crippen molar-refractivity contribution in [2.24, 2.45) is 0 Å². The van der Waals surface area contributed by atoms with Crippen LogP contribution in [0.3, 0.4) is 0 Å². The Morgan fingerprint density at radius 3 is 2.91 bits per heavy atom. The number of nitrogens with zero attached hydrogens (tertiary/aromatic N) is 2. The zero-order chi connectivity index (χ0) is 15.9. The lowest BCUT2D eigenvalue weighted by Crippen LogP contribution is -2.31. The lowest BCUT2D eigenvalue weighted by molar-refractivity contribution is 0.607. The standard InChI is InChI=1S/C15H12ClFN4S/c16-12-4-1-5-13(17)11(12)6-8-20-15(22)21-14-10(9-18)3-2-7-19-14/h1-5,7H,6,8H2,(H2,19,20,21,22). The maximum absolute atomic E-state index is 13.6. The molecule has 1 aromatic carbocycles. The van der Waals surface area contributed by atoms with Gasteiger partial charge in [0, 0.05) is 23.3 Å². The molecule has 0 saturated heterocycles.